The van der Waals surface area contributed by atoms with Crippen LogP contribution in [0.5, 0.6) is 0 Å². The number of ether oxygens (including phenoxy) is 1. The van der Waals surface area contributed by atoms with Crippen LogP contribution in [-0.4, -0.2) is 75.8 Å². The molecule has 0 bridgehead atoms. The summed E-state index contributed by atoms with van der Waals surface area (Å²) < 4.78 is 6.64. The quantitative estimate of drug-likeness (QED) is 0.679. The molecule has 1 amide bonds. The van der Waals surface area contributed by atoms with Gasteiger partial charge in [-0.05, 0) is 6.92 Å². The first-order valence-corrected chi connectivity index (χ1v) is 6.81. The number of carboxylic acids is 1. The zero-order valence-electron chi connectivity index (χ0n) is 11.9. The number of nitrogens with zero attached hydrogens (tertiary/aromatic N) is 4. The fraction of sp³-hybridized carbons (Fsp3) is 0.667. The number of hydrogen-bond donors (Lipinski definition) is 2. The molecule has 0 aromatic carbocycles. The maximum atomic E-state index is 12.1. The fourth-order valence-corrected chi connectivity index (χ4v) is 2.05. The van der Waals surface area contributed by atoms with Crippen molar-refractivity contribution in [2.45, 2.75) is 19.5 Å². The average molecular weight is 297 g/mol. The normalized spacial score (nSPS) is 16.7. The summed E-state index contributed by atoms with van der Waals surface area (Å²) in [5.41, 5.74) is -0.0903. The van der Waals surface area contributed by atoms with Crippen LogP contribution in [0.1, 0.15) is 17.4 Å². The lowest BCUT2D eigenvalue weighted by atomic mass is 10.2. The summed E-state index contributed by atoms with van der Waals surface area (Å²) in [4.78, 5) is 24.6. The van der Waals surface area contributed by atoms with Crippen molar-refractivity contribution in [3.8, 4) is 0 Å². The first-order valence-electron chi connectivity index (χ1n) is 6.81. The van der Waals surface area contributed by atoms with Gasteiger partial charge in [-0.1, -0.05) is 5.21 Å². The summed E-state index contributed by atoms with van der Waals surface area (Å²) in [5, 5.41) is 19.1. The first kappa shape index (κ1) is 15.4. The Bertz CT molecular complexity index is 498. The van der Waals surface area contributed by atoms with E-state index in [4.69, 9.17) is 9.84 Å². The Balaban J connectivity index is 1.74. The third-order valence-electron chi connectivity index (χ3n) is 3.24. The minimum atomic E-state index is -1.11. The van der Waals surface area contributed by atoms with Crippen molar-refractivity contribution in [2.75, 3.05) is 32.8 Å². The van der Waals surface area contributed by atoms with Gasteiger partial charge in [-0.15, -0.1) is 5.10 Å². The number of hydrogen-bond acceptors (Lipinski definition) is 6. The molecule has 0 aliphatic carbocycles. The molecule has 1 aromatic heterocycles. The summed E-state index contributed by atoms with van der Waals surface area (Å²) in [6.07, 6.45) is 1.36. The fourth-order valence-electron chi connectivity index (χ4n) is 2.05. The maximum absolute atomic E-state index is 12.1. The molecule has 9 heteroatoms. The number of carbonyl (C=O) groups is 2. The van der Waals surface area contributed by atoms with Crippen LogP contribution in [0.15, 0.2) is 6.20 Å². The molecule has 2 rings (SSSR count). The highest BCUT2D eigenvalue weighted by atomic mass is 16.5. The van der Waals surface area contributed by atoms with Crippen molar-refractivity contribution < 1.29 is 19.4 Å². The number of aromatic nitrogens is 3. The standard InChI is InChI=1S/C12H19N5O4/c1-9(11(18)16-4-6-21-7-5-16)13-2-3-17-8-10(12(19)20)14-15-17/h8-9,13H,2-7H2,1H3,(H,19,20). The lowest BCUT2D eigenvalue weighted by Gasteiger charge is -2.29. The average Bonchev–Trinajstić information content (AvgIpc) is 2.96. The number of rotatable bonds is 6. The van der Waals surface area contributed by atoms with Crippen molar-refractivity contribution >= 4 is 11.9 Å². The van der Waals surface area contributed by atoms with Gasteiger partial charge in [0.2, 0.25) is 5.91 Å². The van der Waals surface area contributed by atoms with E-state index in [1.54, 1.807) is 4.90 Å². The van der Waals surface area contributed by atoms with E-state index in [9.17, 15) is 9.59 Å². The molecule has 1 atom stereocenters. The van der Waals surface area contributed by atoms with Gasteiger partial charge in [-0.25, -0.2) is 4.79 Å². The van der Waals surface area contributed by atoms with Gasteiger partial charge >= 0.3 is 5.97 Å². The van der Waals surface area contributed by atoms with E-state index in [0.717, 1.165) is 0 Å². The van der Waals surface area contributed by atoms with Crippen molar-refractivity contribution in [1.82, 2.24) is 25.2 Å². The Kier molecular flexibility index (Phi) is 5.23. The lowest BCUT2D eigenvalue weighted by Crippen LogP contribution is -2.49. The molecule has 2 N–H and O–H groups in total. The Morgan fingerprint density at radius 1 is 1.48 bits per heavy atom. The summed E-state index contributed by atoms with van der Waals surface area (Å²) >= 11 is 0. The number of morpholine rings is 1. The minimum Gasteiger partial charge on any atom is -0.476 e. The molecule has 1 saturated heterocycles. The van der Waals surface area contributed by atoms with Crippen LogP contribution < -0.4 is 5.32 Å². The molecule has 21 heavy (non-hydrogen) atoms. The summed E-state index contributed by atoms with van der Waals surface area (Å²) in [7, 11) is 0. The predicted octanol–water partition coefficient (Wildman–Crippen LogP) is -1.19. The number of amides is 1. The van der Waals surface area contributed by atoms with Gasteiger partial charge in [0.15, 0.2) is 5.69 Å². The van der Waals surface area contributed by atoms with Crippen LogP contribution in [0.3, 0.4) is 0 Å². The number of nitrogens with one attached hydrogen (secondary N) is 1. The highest BCUT2D eigenvalue weighted by molar-refractivity contribution is 5.84. The van der Waals surface area contributed by atoms with E-state index >= 15 is 0 Å². The molecule has 116 valence electrons. The number of aromatic carboxylic acids is 1. The summed E-state index contributed by atoms with van der Waals surface area (Å²) in [6, 6.07) is -0.300. The Morgan fingerprint density at radius 3 is 2.81 bits per heavy atom. The SMILES string of the molecule is CC(NCCn1cc(C(=O)O)nn1)C(=O)N1CCOCC1. The molecular formula is C12H19N5O4. The van der Waals surface area contributed by atoms with Crippen molar-refractivity contribution in [3.63, 3.8) is 0 Å². The Morgan fingerprint density at radius 2 is 2.19 bits per heavy atom. The van der Waals surface area contributed by atoms with Crippen molar-refractivity contribution in [2.24, 2.45) is 0 Å². The summed E-state index contributed by atoms with van der Waals surface area (Å²) in [5.74, 6) is -1.06. The van der Waals surface area contributed by atoms with Gasteiger partial charge in [-0.2, -0.15) is 0 Å². The van der Waals surface area contributed by atoms with E-state index in [2.05, 4.69) is 15.6 Å². The third kappa shape index (κ3) is 4.23. The van der Waals surface area contributed by atoms with Crippen LogP contribution in [0.4, 0.5) is 0 Å². The van der Waals surface area contributed by atoms with Crippen LogP contribution in [0.2, 0.25) is 0 Å². The van der Waals surface area contributed by atoms with Crippen LogP contribution in [0.25, 0.3) is 0 Å². The molecule has 1 fully saturated rings. The van der Waals surface area contributed by atoms with E-state index in [1.165, 1.54) is 10.9 Å². The van der Waals surface area contributed by atoms with Gasteiger partial charge in [-0.3, -0.25) is 9.48 Å². The molecule has 1 aliphatic heterocycles. The monoisotopic (exact) mass is 297 g/mol. The second-order valence-electron chi connectivity index (χ2n) is 4.79. The van der Waals surface area contributed by atoms with Crippen LogP contribution in [0, 0.1) is 0 Å². The number of carboxylic acid groups (broad SMARTS) is 1. The zero-order valence-corrected chi connectivity index (χ0v) is 11.9. The smallest absolute Gasteiger partial charge is 0.358 e. The van der Waals surface area contributed by atoms with Crippen molar-refractivity contribution in [1.29, 1.82) is 0 Å². The van der Waals surface area contributed by atoms with Gasteiger partial charge in [0.25, 0.3) is 0 Å². The molecular weight excluding hydrogens is 278 g/mol. The molecule has 1 aliphatic rings. The van der Waals surface area contributed by atoms with Gasteiger partial charge in [0.1, 0.15) is 0 Å². The Hall–Kier alpha value is -2.00. The highest BCUT2D eigenvalue weighted by Crippen LogP contribution is 2.00. The second kappa shape index (κ2) is 7.14. The first-order chi connectivity index (χ1) is 10.1. The lowest BCUT2D eigenvalue weighted by molar-refractivity contribution is -0.137. The topological polar surface area (TPSA) is 110 Å². The van der Waals surface area contributed by atoms with Gasteiger partial charge in [0, 0.05) is 19.6 Å². The highest BCUT2D eigenvalue weighted by Gasteiger charge is 2.21. The third-order valence-corrected chi connectivity index (χ3v) is 3.24. The number of carbonyl (C=O) groups excluding carboxylic acids is 1. The molecule has 0 saturated carbocycles. The second-order valence-corrected chi connectivity index (χ2v) is 4.79. The van der Waals surface area contributed by atoms with E-state index in [-0.39, 0.29) is 17.6 Å². The minimum absolute atomic E-state index is 0.0446. The largest absolute Gasteiger partial charge is 0.476 e. The van der Waals surface area contributed by atoms with Gasteiger partial charge in [0.05, 0.1) is 32.0 Å². The van der Waals surface area contributed by atoms with Crippen LogP contribution >= 0.6 is 0 Å². The molecule has 2 heterocycles. The van der Waals surface area contributed by atoms with E-state index in [1.807, 2.05) is 6.92 Å². The predicted molar refractivity (Wildman–Crippen MR) is 71.8 cm³/mol. The van der Waals surface area contributed by atoms with E-state index in [0.29, 0.717) is 39.4 Å². The zero-order chi connectivity index (χ0) is 15.2. The summed E-state index contributed by atoms with van der Waals surface area (Å²) in [6.45, 7) is 5.15. The Labute approximate surface area is 121 Å². The molecule has 1 aromatic rings. The molecule has 1 unspecified atom stereocenters. The molecule has 0 radical (unpaired) electrons. The van der Waals surface area contributed by atoms with E-state index < -0.39 is 5.97 Å². The molecule has 9 nitrogen and oxygen atoms in total. The molecule has 0 spiro atoms. The van der Waals surface area contributed by atoms with Crippen LogP contribution in [-0.2, 0) is 16.1 Å². The van der Waals surface area contributed by atoms with Gasteiger partial charge < -0.3 is 20.1 Å². The maximum Gasteiger partial charge on any atom is 0.358 e. The van der Waals surface area contributed by atoms with Crippen molar-refractivity contribution in [3.05, 3.63) is 11.9 Å².